The van der Waals surface area contributed by atoms with Crippen molar-refractivity contribution in [2.24, 2.45) is 0 Å². The van der Waals surface area contributed by atoms with Crippen molar-refractivity contribution in [2.75, 3.05) is 11.9 Å². The van der Waals surface area contributed by atoms with E-state index in [9.17, 15) is 13.2 Å². The molecule has 0 saturated carbocycles. The number of fused-ring (bicyclic) bond motifs is 1. The van der Waals surface area contributed by atoms with Gasteiger partial charge in [-0.1, -0.05) is 48.5 Å². The smallest absolute Gasteiger partial charge is 0.318 e. The molecule has 0 spiro atoms. The van der Waals surface area contributed by atoms with Crippen LogP contribution in [0.3, 0.4) is 0 Å². The molecule has 0 radical (unpaired) electrons. The summed E-state index contributed by atoms with van der Waals surface area (Å²) in [5, 5.41) is 13.0. The number of rotatable bonds is 9. The Kier molecular flexibility index (Phi) is 7.03. The van der Waals surface area contributed by atoms with Crippen molar-refractivity contribution in [1.82, 2.24) is 24.7 Å². The van der Waals surface area contributed by atoms with E-state index in [1.165, 1.54) is 12.3 Å². The number of hydrogen-bond acceptors (Lipinski definition) is 8. The molecule has 0 saturated heterocycles. The Bertz CT molecular complexity index is 1710. The predicted molar refractivity (Wildman–Crippen MR) is 143 cm³/mol. The Morgan fingerprint density at radius 2 is 1.71 bits per heavy atom. The standard InChI is InChI=1S/C27H22N6O4S/c34-24(35)17-31-38(36,37)21-13-19(14-28-16-21)26-32-23-11-6-10-22(18-7-2-1-3-8-18)25(23)27(33-26)30-15-20-9-4-5-12-29-20/h1-14,16,31H,15,17H2,(H,34,35)(H,30,32,33). The average Bonchev–Trinajstić information content (AvgIpc) is 2.95. The summed E-state index contributed by atoms with van der Waals surface area (Å²) in [6.07, 6.45) is 4.31. The highest BCUT2D eigenvalue weighted by atomic mass is 32.2. The third-order valence-corrected chi connectivity index (χ3v) is 7.03. The van der Waals surface area contributed by atoms with Crippen LogP contribution >= 0.6 is 0 Å². The highest BCUT2D eigenvalue weighted by Gasteiger charge is 2.19. The van der Waals surface area contributed by atoms with Crippen LogP contribution in [0.4, 0.5) is 5.82 Å². The first-order valence-electron chi connectivity index (χ1n) is 11.6. The van der Waals surface area contributed by atoms with E-state index in [0.29, 0.717) is 23.4 Å². The average molecular weight is 527 g/mol. The number of carbonyl (C=O) groups is 1. The fourth-order valence-corrected chi connectivity index (χ4v) is 4.87. The van der Waals surface area contributed by atoms with Gasteiger partial charge in [0.15, 0.2) is 5.82 Å². The third kappa shape index (κ3) is 5.48. The zero-order valence-corrected chi connectivity index (χ0v) is 20.8. The molecule has 0 aliphatic heterocycles. The third-order valence-electron chi connectivity index (χ3n) is 5.67. The van der Waals surface area contributed by atoms with Gasteiger partial charge in [0, 0.05) is 24.2 Å². The lowest BCUT2D eigenvalue weighted by atomic mass is 10.0. The van der Waals surface area contributed by atoms with E-state index in [0.717, 1.165) is 28.4 Å². The summed E-state index contributed by atoms with van der Waals surface area (Å²) >= 11 is 0. The van der Waals surface area contributed by atoms with Gasteiger partial charge in [-0.05, 0) is 35.4 Å². The van der Waals surface area contributed by atoms with Crippen LogP contribution in [0.1, 0.15) is 5.69 Å². The SMILES string of the molecule is O=C(O)CNS(=O)(=O)c1cncc(-c2nc(NCc3ccccn3)c3c(-c4ccccc4)cccc3n2)c1. The fourth-order valence-electron chi connectivity index (χ4n) is 3.90. The molecule has 0 atom stereocenters. The van der Waals surface area contributed by atoms with E-state index >= 15 is 0 Å². The predicted octanol–water partition coefficient (Wildman–Crippen LogP) is 3.73. The number of carboxylic acids is 1. The van der Waals surface area contributed by atoms with Gasteiger partial charge < -0.3 is 10.4 Å². The Morgan fingerprint density at radius 1 is 0.895 bits per heavy atom. The molecular formula is C27H22N6O4S. The summed E-state index contributed by atoms with van der Waals surface area (Å²) in [5.74, 6) is -0.491. The van der Waals surface area contributed by atoms with E-state index in [2.05, 4.69) is 15.3 Å². The zero-order chi connectivity index (χ0) is 26.5. The number of hydrogen-bond donors (Lipinski definition) is 3. The van der Waals surface area contributed by atoms with Gasteiger partial charge in [0.05, 0.1) is 23.1 Å². The van der Waals surface area contributed by atoms with E-state index in [-0.39, 0.29) is 10.7 Å². The summed E-state index contributed by atoms with van der Waals surface area (Å²) < 4.78 is 27.2. The number of nitrogens with one attached hydrogen (secondary N) is 2. The molecule has 2 aromatic carbocycles. The van der Waals surface area contributed by atoms with Crippen molar-refractivity contribution < 1.29 is 18.3 Å². The van der Waals surface area contributed by atoms with Gasteiger partial charge in [0.2, 0.25) is 10.0 Å². The summed E-state index contributed by atoms with van der Waals surface area (Å²) in [6.45, 7) is -0.343. The lowest BCUT2D eigenvalue weighted by Crippen LogP contribution is -2.29. The van der Waals surface area contributed by atoms with E-state index < -0.39 is 22.5 Å². The summed E-state index contributed by atoms with van der Waals surface area (Å²) in [7, 11) is -4.10. The molecule has 5 rings (SSSR count). The second-order valence-electron chi connectivity index (χ2n) is 8.26. The molecular weight excluding hydrogens is 504 g/mol. The van der Waals surface area contributed by atoms with E-state index in [1.54, 1.807) is 6.20 Å². The maximum Gasteiger partial charge on any atom is 0.318 e. The van der Waals surface area contributed by atoms with Gasteiger partial charge in [-0.15, -0.1) is 0 Å². The van der Waals surface area contributed by atoms with Crippen LogP contribution in [0.15, 0.2) is 96.3 Å². The van der Waals surface area contributed by atoms with Crippen LogP contribution in [0, 0.1) is 0 Å². The summed E-state index contributed by atoms with van der Waals surface area (Å²) in [5.41, 5.74) is 3.76. The maximum absolute atomic E-state index is 12.6. The number of aromatic nitrogens is 4. The number of carboxylic acid groups (broad SMARTS) is 1. The van der Waals surface area contributed by atoms with Crippen LogP contribution in [0.25, 0.3) is 33.4 Å². The Morgan fingerprint density at radius 3 is 2.47 bits per heavy atom. The van der Waals surface area contributed by atoms with E-state index in [4.69, 9.17) is 15.1 Å². The molecule has 0 bridgehead atoms. The van der Waals surface area contributed by atoms with Gasteiger partial charge in [0.1, 0.15) is 17.3 Å². The molecule has 0 aliphatic rings. The topological polar surface area (TPSA) is 147 Å². The summed E-state index contributed by atoms with van der Waals surface area (Å²) in [6, 6.07) is 22.6. The molecule has 190 valence electrons. The Hall–Kier alpha value is -4.74. The number of anilines is 1. The normalized spacial score (nSPS) is 11.4. The van der Waals surface area contributed by atoms with Gasteiger partial charge in [-0.3, -0.25) is 14.8 Å². The largest absolute Gasteiger partial charge is 0.480 e. The highest BCUT2D eigenvalue weighted by Crippen LogP contribution is 2.34. The van der Waals surface area contributed by atoms with Crippen molar-refractivity contribution in [3.8, 4) is 22.5 Å². The maximum atomic E-state index is 12.6. The molecule has 11 heteroatoms. The molecule has 0 amide bonds. The van der Waals surface area contributed by atoms with Crippen LogP contribution in [-0.2, 0) is 21.4 Å². The van der Waals surface area contributed by atoms with Gasteiger partial charge >= 0.3 is 5.97 Å². The minimum atomic E-state index is -4.10. The van der Waals surface area contributed by atoms with Crippen molar-refractivity contribution in [2.45, 2.75) is 11.4 Å². The minimum Gasteiger partial charge on any atom is -0.480 e. The molecule has 38 heavy (non-hydrogen) atoms. The first-order valence-corrected chi connectivity index (χ1v) is 13.1. The zero-order valence-electron chi connectivity index (χ0n) is 19.9. The highest BCUT2D eigenvalue weighted by molar-refractivity contribution is 7.89. The van der Waals surface area contributed by atoms with Crippen molar-refractivity contribution >= 4 is 32.7 Å². The van der Waals surface area contributed by atoms with E-state index in [1.807, 2.05) is 71.5 Å². The minimum absolute atomic E-state index is 0.194. The number of pyridine rings is 2. The Balaban J connectivity index is 1.62. The van der Waals surface area contributed by atoms with Crippen LogP contribution in [0.2, 0.25) is 0 Å². The van der Waals surface area contributed by atoms with Crippen LogP contribution in [-0.4, -0.2) is 46.0 Å². The second-order valence-corrected chi connectivity index (χ2v) is 10.0. The molecule has 0 unspecified atom stereocenters. The molecule has 0 fully saturated rings. The number of benzene rings is 2. The molecule has 3 N–H and O–H groups in total. The van der Waals surface area contributed by atoms with Gasteiger partial charge in [-0.2, -0.15) is 4.72 Å². The molecule has 10 nitrogen and oxygen atoms in total. The van der Waals surface area contributed by atoms with Crippen molar-refractivity contribution in [1.29, 1.82) is 0 Å². The molecule has 0 aliphatic carbocycles. The quantitative estimate of drug-likeness (QED) is 0.261. The first-order chi connectivity index (χ1) is 18.4. The molecule has 3 aromatic heterocycles. The number of sulfonamides is 1. The lowest BCUT2D eigenvalue weighted by molar-refractivity contribution is -0.135. The fraction of sp³-hybridized carbons (Fsp3) is 0.0741. The van der Waals surface area contributed by atoms with Gasteiger partial charge in [-0.25, -0.2) is 18.4 Å². The van der Waals surface area contributed by atoms with Crippen LogP contribution < -0.4 is 10.0 Å². The van der Waals surface area contributed by atoms with Crippen molar-refractivity contribution in [3.63, 3.8) is 0 Å². The number of nitrogens with zero attached hydrogens (tertiary/aromatic N) is 4. The lowest BCUT2D eigenvalue weighted by Gasteiger charge is -2.14. The monoisotopic (exact) mass is 526 g/mol. The van der Waals surface area contributed by atoms with Crippen LogP contribution in [0.5, 0.6) is 0 Å². The summed E-state index contributed by atoms with van der Waals surface area (Å²) in [4.78, 5) is 28.6. The molecule has 5 aromatic rings. The molecule has 3 heterocycles. The van der Waals surface area contributed by atoms with Gasteiger partial charge in [0.25, 0.3) is 0 Å². The second kappa shape index (κ2) is 10.7. The first kappa shape index (κ1) is 24.9. The Labute approximate surface area is 218 Å². The number of aliphatic carboxylic acids is 1. The van der Waals surface area contributed by atoms with Crippen molar-refractivity contribution in [3.05, 3.63) is 97.1 Å².